The molecule has 2 fully saturated rings. The van der Waals surface area contributed by atoms with Crippen molar-refractivity contribution in [3.63, 3.8) is 0 Å². The van der Waals surface area contributed by atoms with Crippen LogP contribution in [0.1, 0.15) is 12.8 Å². The molecule has 1 aromatic heterocycles. The van der Waals surface area contributed by atoms with E-state index in [9.17, 15) is 0 Å². The van der Waals surface area contributed by atoms with E-state index >= 15 is 0 Å². The van der Waals surface area contributed by atoms with Gasteiger partial charge in [-0.15, -0.1) is 5.10 Å². The SMILES string of the molecule is Clc1c(N2CCCC2)cnnc1N1CCNCC1. The Morgan fingerprint density at radius 3 is 2.50 bits per heavy atom. The highest BCUT2D eigenvalue weighted by Gasteiger charge is 2.22. The van der Waals surface area contributed by atoms with Gasteiger partial charge in [-0.05, 0) is 12.8 Å². The first kappa shape index (κ1) is 12.0. The van der Waals surface area contributed by atoms with Gasteiger partial charge >= 0.3 is 0 Å². The number of rotatable bonds is 2. The minimum Gasteiger partial charge on any atom is -0.369 e. The molecule has 2 aliphatic rings. The highest BCUT2D eigenvalue weighted by atomic mass is 35.5. The lowest BCUT2D eigenvalue weighted by Crippen LogP contribution is -2.44. The molecule has 2 saturated heterocycles. The molecule has 5 nitrogen and oxygen atoms in total. The summed E-state index contributed by atoms with van der Waals surface area (Å²) in [5.41, 5.74) is 1.04. The van der Waals surface area contributed by atoms with E-state index in [0.717, 1.165) is 55.8 Å². The second-order valence-corrected chi connectivity index (χ2v) is 5.18. The second-order valence-electron chi connectivity index (χ2n) is 4.80. The van der Waals surface area contributed by atoms with E-state index in [1.807, 2.05) is 0 Å². The van der Waals surface area contributed by atoms with E-state index in [-0.39, 0.29) is 0 Å². The van der Waals surface area contributed by atoms with Crippen molar-refractivity contribution in [1.29, 1.82) is 0 Å². The van der Waals surface area contributed by atoms with Crippen molar-refractivity contribution in [2.24, 2.45) is 0 Å². The van der Waals surface area contributed by atoms with Crippen LogP contribution in [0.5, 0.6) is 0 Å². The number of nitrogens with zero attached hydrogens (tertiary/aromatic N) is 4. The molecule has 0 aromatic carbocycles. The number of hydrogen-bond acceptors (Lipinski definition) is 5. The van der Waals surface area contributed by atoms with E-state index in [1.54, 1.807) is 6.20 Å². The molecule has 0 spiro atoms. The maximum absolute atomic E-state index is 6.52. The van der Waals surface area contributed by atoms with Crippen LogP contribution in [0.25, 0.3) is 0 Å². The lowest BCUT2D eigenvalue weighted by atomic mass is 10.3. The second kappa shape index (κ2) is 5.28. The summed E-state index contributed by atoms with van der Waals surface area (Å²) in [6.07, 6.45) is 4.27. The third-order valence-electron chi connectivity index (χ3n) is 3.62. The summed E-state index contributed by atoms with van der Waals surface area (Å²) >= 11 is 6.52. The summed E-state index contributed by atoms with van der Waals surface area (Å²) in [7, 11) is 0. The zero-order valence-electron chi connectivity index (χ0n) is 10.4. The normalized spacial score (nSPS) is 20.5. The molecule has 0 atom stereocenters. The highest BCUT2D eigenvalue weighted by molar-refractivity contribution is 6.35. The molecule has 0 unspecified atom stereocenters. The third kappa shape index (κ3) is 2.24. The van der Waals surface area contributed by atoms with E-state index < -0.39 is 0 Å². The molecule has 0 aliphatic carbocycles. The molecule has 98 valence electrons. The van der Waals surface area contributed by atoms with Crippen LogP contribution >= 0.6 is 11.6 Å². The van der Waals surface area contributed by atoms with Crippen molar-refractivity contribution in [1.82, 2.24) is 15.5 Å². The molecular formula is C12H18ClN5. The van der Waals surface area contributed by atoms with Crippen molar-refractivity contribution in [3.05, 3.63) is 11.2 Å². The summed E-state index contributed by atoms with van der Waals surface area (Å²) in [4.78, 5) is 4.52. The molecule has 18 heavy (non-hydrogen) atoms. The summed E-state index contributed by atoms with van der Waals surface area (Å²) in [6.45, 7) is 5.99. The van der Waals surface area contributed by atoms with Crippen LogP contribution in [-0.4, -0.2) is 49.5 Å². The predicted octanol–water partition coefficient (Wildman–Crippen LogP) is 1.14. The van der Waals surface area contributed by atoms with Gasteiger partial charge in [0.25, 0.3) is 0 Å². The van der Waals surface area contributed by atoms with Gasteiger partial charge in [0.15, 0.2) is 5.82 Å². The maximum atomic E-state index is 6.52. The fraction of sp³-hybridized carbons (Fsp3) is 0.667. The fourth-order valence-electron chi connectivity index (χ4n) is 2.61. The molecule has 0 radical (unpaired) electrons. The third-order valence-corrected chi connectivity index (χ3v) is 3.98. The topological polar surface area (TPSA) is 44.3 Å². The zero-order chi connectivity index (χ0) is 12.4. The van der Waals surface area contributed by atoms with Crippen molar-refractivity contribution in [2.45, 2.75) is 12.8 Å². The van der Waals surface area contributed by atoms with Crippen LogP contribution in [0.2, 0.25) is 5.02 Å². The maximum Gasteiger partial charge on any atom is 0.172 e. The molecular weight excluding hydrogens is 250 g/mol. The van der Waals surface area contributed by atoms with E-state index in [4.69, 9.17) is 11.6 Å². The summed E-state index contributed by atoms with van der Waals surface area (Å²) < 4.78 is 0. The average Bonchev–Trinajstić information content (AvgIpc) is 2.94. The van der Waals surface area contributed by atoms with Gasteiger partial charge in [0.05, 0.1) is 11.9 Å². The van der Waals surface area contributed by atoms with Gasteiger partial charge in [-0.3, -0.25) is 0 Å². The van der Waals surface area contributed by atoms with Gasteiger partial charge in [-0.2, -0.15) is 5.10 Å². The lowest BCUT2D eigenvalue weighted by molar-refractivity contribution is 0.582. The minimum atomic E-state index is 0.758. The highest BCUT2D eigenvalue weighted by Crippen LogP contribution is 2.34. The molecule has 0 bridgehead atoms. The van der Waals surface area contributed by atoms with Gasteiger partial charge in [0.1, 0.15) is 5.02 Å². The smallest absolute Gasteiger partial charge is 0.172 e. The van der Waals surface area contributed by atoms with Crippen LogP contribution in [-0.2, 0) is 0 Å². The van der Waals surface area contributed by atoms with Gasteiger partial charge < -0.3 is 15.1 Å². The van der Waals surface area contributed by atoms with Gasteiger partial charge in [-0.25, -0.2) is 0 Å². The summed E-state index contributed by atoms with van der Waals surface area (Å²) in [6, 6.07) is 0. The first-order valence-electron chi connectivity index (χ1n) is 6.58. The van der Waals surface area contributed by atoms with Crippen LogP contribution in [0, 0.1) is 0 Å². The zero-order valence-corrected chi connectivity index (χ0v) is 11.2. The van der Waals surface area contributed by atoms with Crippen molar-refractivity contribution in [3.8, 4) is 0 Å². The Morgan fingerprint density at radius 2 is 1.78 bits per heavy atom. The van der Waals surface area contributed by atoms with Gasteiger partial charge in [0, 0.05) is 39.3 Å². The Bertz CT molecular complexity index is 413. The van der Waals surface area contributed by atoms with Crippen LogP contribution in [0.3, 0.4) is 0 Å². The van der Waals surface area contributed by atoms with Gasteiger partial charge in [-0.1, -0.05) is 11.6 Å². The molecule has 6 heteroatoms. The van der Waals surface area contributed by atoms with E-state index in [1.165, 1.54) is 12.8 Å². The van der Waals surface area contributed by atoms with Crippen molar-refractivity contribution < 1.29 is 0 Å². The Morgan fingerprint density at radius 1 is 1.06 bits per heavy atom. The molecule has 3 heterocycles. The van der Waals surface area contributed by atoms with Crippen LogP contribution in [0.15, 0.2) is 6.20 Å². The van der Waals surface area contributed by atoms with Crippen molar-refractivity contribution >= 4 is 23.1 Å². The van der Waals surface area contributed by atoms with Crippen LogP contribution in [0.4, 0.5) is 11.5 Å². The molecule has 1 aromatic rings. The Balaban J connectivity index is 1.87. The lowest BCUT2D eigenvalue weighted by Gasteiger charge is -2.30. The number of halogens is 1. The number of nitrogens with one attached hydrogen (secondary N) is 1. The predicted molar refractivity (Wildman–Crippen MR) is 73.6 cm³/mol. The first-order valence-corrected chi connectivity index (χ1v) is 6.96. The number of hydrogen-bond donors (Lipinski definition) is 1. The molecule has 0 amide bonds. The molecule has 0 saturated carbocycles. The monoisotopic (exact) mass is 267 g/mol. The van der Waals surface area contributed by atoms with E-state index in [2.05, 4.69) is 25.3 Å². The fourth-order valence-corrected chi connectivity index (χ4v) is 2.94. The van der Waals surface area contributed by atoms with Crippen molar-refractivity contribution in [2.75, 3.05) is 49.1 Å². The quantitative estimate of drug-likeness (QED) is 0.871. The number of aromatic nitrogens is 2. The van der Waals surface area contributed by atoms with Crippen LogP contribution < -0.4 is 15.1 Å². The molecule has 1 N–H and O–H groups in total. The number of piperazine rings is 1. The first-order chi connectivity index (χ1) is 8.86. The summed E-state index contributed by atoms with van der Waals surface area (Å²) in [5.74, 6) is 0.836. The Hall–Kier alpha value is -1.07. The minimum absolute atomic E-state index is 0.758. The Labute approximate surface area is 112 Å². The Kier molecular flexibility index (Phi) is 3.52. The standard InChI is InChI=1S/C12H18ClN5/c13-11-10(17-5-1-2-6-17)9-15-16-12(11)18-7-3-14-4-8-18/h9,14H,1-8H2. The molecule has 2 aliphatic heterocycles. The van der Waals surface area contributed by atoms with E-state index in [0.29, 0.717) is 0 Å². The number of anilines is 2. The summed E-state index contributed by atoms with van der Waals surface area (Å²) in [5, 5.41) is 12.4. The molecule has 3 rings (SSSR count). The van der Waals surface area contributed by atoms with Gasteiger partial charge in [0.2, 0.25) is 0 Å². The average molecular weight is 268 g/mol. The largest absolute Gasteiger partial charge is 0.369 e.